The van der Waals surface area contributed by atoms with Crippen LogP contribution in [0.1, 0.15) is 33.6 Å². The van der Waals surface area contributed by atoms with Gasteiger partial charge in [0.1, 0.15) is 5.60 Å². The topological polar surface area (TPSA) is 94.4 Å². The summed E-state index contributed by atoms with van der Waals surface area (Å²) in [4.78, 5) is 35.5. The maximum Gasteiger partial charge on any atom is 0.407 e. The van der Waals surface area contributed by atoms with E-state index in [0.717, 1.165) is 11.0 Å². The molecule has 0 fully saturated rings. The smallest absolute Gasteiger partial charge is 0.407 e. The summed E-state index contributed by atoms with van der Waals surface area (Å²) in [7, 11) is 3.40. The monoisotopic (exact) mass is 362 g/mol. The standard InChI is InChI=1S/C18H26N4O4/c1-18(2,3)26-16(24)19-10-6-7-15(23)20-12-8-9-13-14(11-12)22(5)17(25)21(13)4/h8-9,11H,6-7,10H2,1-5H3,(H,19,24)(H,20,23). The molecule has 0 bridgehead atoms. The molecule has 1 aromatic heterocycles. The molecular weight excluding hydrogens is 336 g/mol. The maximum absolute atomic E-state index is 12.1. The lowest BCUT2D eigenvalue weighted by Gasteiger charge is -2.19. The minimum Gasteiger partial charge on any atom is -0.444 e. The number of anilines is 1. The molecule has 0 atom stereocenters. The van der Waals surface area contributed by atoms with Crippen molar-refractivity contribution in [1.29, 1.82) is 0 Å². The van der Waals surface area contributed by atoms with E-state index in [0.29, 0.717) is 18.7 Å². The van der Waals surface area contributed by atoms with Crippen LogP contribution in [0, 0.1) is 0 Å². The van der Waals surface area contributed by atoms with Crippen LogP contribution in [0.3, 0.4) is 0 Å². The third kappa shape index (κ3) is 4.87. The predicted octanol–water partition coefficient (Wildman–Crippen LogP) is 2.12. The fourth-order valence-electron chi connectivity index (χ4n) is 2.56. The Morgan fingerprint density at radius 1 is 1.12 bits per heavy atom. The Morgan fingerprint density at radius 3 is 2.42 bits per heavy atom. The number of aryl methyl sites for hydroxylation is 2. The van der Waals surface area contributed by atoms with E-state index in [1.54, 1.807) is 57.6 Å². The highest BCUT2D eigenvalue weighted by Crippen LogP contribution is 2.17. The van der Waals surface area contributed by atoms with E-state index in [9.17, 15) is 14.4 Å². The predicted molar refractivity (Wildman–Crippen MR) is 100 cm³/mol. The largest absolute Gasteiger partial charge is 0.444 e. The van der Waals surface area contributed by atoms with Gasteiger partial charge in [-0.3, -0.25) is 13.9 Å². The van der Waals surface area contributed by atoms with E-state index in [-0.39, 0.29) is 18.0 Å². The van der Waals surface area contributed by atoms with Crippen molar-refractivity contribution in [3.8, 4) is 0 Å². The summed E-state index contributed by atoms with van der Waals surface area (Å²) in [5.74, 6) is -0.156. The SMILES string of the molecule is Cn1c(=O)n(C)c2cc(NC(=O)CCCNC(=O)OC(C)(C)C)ccc21. The molecule has 1 heterocycles. The fraction of sp³-hybridized carbons (Fsp3) is 0.500. The second-order valence-corrected chi connectivity index (χ2v) is 7.18. The van der Waals surface area contributed by atoms with E-state index >= 15 is 0 Å². The van der Waals surface area contributed by atoms with Gasteiger partial charge in [-0.25, -0.2) is 9.59 Å². The molecule has 8 heteroatoms. The number of carbonyl (C=O) groups excluding carboxylic acids is 2. The molecular formula is C18H26N4O4. The van der Waals surface area contributed by atoms with Crippen molar-refractivity contribution in [3.63, 3.8) is 0 Å². The molecule has 0 aliphatic heterocycles. The van der Waals surface area contributed by atoms with Crippen LogP contribution in [-0.2, 0) is 23.6 Å². The Bertz CT molecular complexity index is 874. The van der Waals surface area contributed by atoms with Gasteiger partial charge in [0.15, 0.2) is 0 Å². The van der Waals surface area contributed by atoms with Crippen molar-refractivity contribution in [2.24, 2.45) is 14.1 Å². The quantitative estimate of drug-likeness (QED) is 0.797. The summed E-state index contributed by atoms with van der Waals surface area (Å²) in [6.45, 7) is 5.73. The van der Waals surface area contributed by atoms with Gasteiger partial charge < -0.3 is 15.4 Å². The average molecular weight is 362 g/mol. The molecule has 2 aromatic rings. The Balaban J connectivity index is 1.85. The summed E-state index contributed by atoms with van der Waals surface area (Å²) in [6.07, 6.45) is 0.270. The normalized spacial score (nSPS) is 11.4. The molecule has 0 radical (unpaired) electrons. The summed E-state index contributed by atoms with van der Waals surface area (Å²) in [5.41, 5.74) is 1.52. The van der Waals surface area contributed by atoms with Crippen LogP contribution in [0.2, 0.25) is 0 Å². The van der Waals surface area contributed by atoms with Gasteiger partial charge >= 0.3 is 11.8 Å². The minimum absolute atomic E-state index is 0.114. The highest BCUT2D eigenvalue weighted by Gasteiger charge is 2.15. The summed E-state index contributed by atoms with van der Waals surface area (Å²) in [6, 6.07) is 5.34. The van der Waals surface area contributed by atoms with Crippen molar-refractivity contribution in [2.75, 3.05) is 11.9 Å². The number of alkyl carbamates (subject to hydrolysis) is 1. The lowest BCUT2D eigenvalue weighted by Crippen LogP contribution is -2.33. The molecule has 2 N–H and O–H groups in total. The first-order valence-corrected chi connectivity index (χ1v) is 8.50. The molecule has 0 aliphatic rings. The average Bonchev–Trinajstić information content (AvgIpc) is 2.74. The summed E-state index contributed by atoms with van der Waals surface area (Å²) >= 11 is 0. The van der Waals surface area contributed by atoms with Crippen molar-refractivity contribution >= 4 is 28.7 Å². The number of nitrogens with zero attached hydrogens (tertiary/aromatic N) is 2. The minimum atomic E-state index is -0.544. The lowest BCUT2D eigenvalue weighted by molar-refractivity contribution is -0.116. The van der Waals surface area contributed by atoms with Crippen molar-refractivity contribution in [3.05, 3.63) is 28.7 Å². The van der Waals surface area contributed by atoms with Crippen LogP contribution in [-0.4, -0.2) is 33.3 Å². The van der Waals surface area contributed by atoms with Gasteiger partial charge in [0, 0.05) is 32.7 Å². The molecule has 0 spiro atoms. The van der Waals surface area contributed by atoms with E-state index in [1.807, 2.05) is 0 Å². The van der Waals surface area contributed by atoms with Crippen LogP contribution < -0.4 is 16.3 Å². The Morgan fingerprint density at radius 2 is 1.77 bits per heavy atom. The first kappa shape index (κ1) is 19.6. The zero-order chi connectivity index (χ0) is 19.5. The van der Waals surface area contributed by atoms with Crippen LogP contribution in [0.4, 0.5) is 10.5 Å². The fourth-order valence-corrected chi connectivity index (χ4v) is 2.56. The number of ether oxygens (including phenoxy) is 1. The molecule has 142 valence electrons. The number of aromatic nitrogens is 2. The number of benzene rings is 1. The van der Waals surface area contributed by atoms with Crippen LogP contribution in [0.25, 0.3) is 11.0 Å². The van der Waals surface area contributed by atoms with Gasteiger partial charge in [0.25, 0.3) is 0 Å². The summed E-state index contributed by atoms with van der Waals surface area (Å²) in [5, 5.41) is 5.43. The van der Waals surface area contributed by atoms with E-state index in [4.69, 9.17) is 4.74 Å². The van der Waals surface area contributed by atoms with E-state index in [1.165, 1.54) is 4.57 Å². The molecule has 0 unspecified atom stereocenters. The van der Waals surface area contributed by atoms with Gasteiger partial charge in [-0.15, -0.1) is 0 Å². The second kappa shape index (κ2) is 7.63. The maximum atomic E-state index is 12.1. The number of carbonyl (C=O) groups is 2. The van der Waals surface area contributed by atoms with E-state index in [2.05, 4.69) is 10.6 Å². The highest BCUT2D eigenvalue weighted by molar-refractivity contribution is 5.93. The second-order valence-electron chi connectivity index (χ2n) is 7.18. The van der Waals surface area contributed by atoms with E-state index < -0.39 is 11.7 Å². The number of rotatable bonds is 5. The van der Waals surface area contributed by atoms with Gasteiger partial charge in [0.2, 0.25) is 5.91 Å². The van der Waals surface area contributed by atoms with Gasteiger partial charge in [-0.2, -0.15) is 0 Å². The van der Waals surface area contributed by atoms with Crippen LogP contribution in [0.5, 0.6) is 0 Å². The van der Waals surface area contributed by atoms with Crippen LogP contribution in [0.15, 0.2) is 23.0 Å². The zero-order valence-electron chi connectivity index (χ0n) is 15.9. The molecule has 26 heavy (non-hydrogen) atoms. The van der Waals surface area contributed by atoms with Crippen LogP contribution >= 0.6 is 0 Å². The van der Waals surface area contributed by atoms with Gasteiger partial charge in [-0.05, 0) is 45.4 Å². The number of fused-ring (bicyclic) bond motifs is 1. The zero-order valence-corrected chi connectivity index (χ0v) is 15.9. The lowest BCUT2D eigenvalue weighted by atomic mass is 10.2. The molecule has 0 saturated carbocycles. The number of hydrogen-bond donors (Lipinski definition) is 2. The molecule has 2 amide bonds. The number of amides is 2. The Labute approximate surface area is 152 Å². The molecule has 0 aliphatic carbocycles. The third-order valence-corrected chi connectivity index (χ3v) is 3.80. The molecule has 2 rings (SSSR count). The number of imidazole rings is 1. The first-order chi connectivity index (χ1) is 12.1. The molecule has 8 nitrogen and oxygen atoms in total. The Hall–Kier alpha value is -2.77. The molecule has 1 aromatic carbocycles. The van der Waals surface area contributed by atoms with Crippen molar-refractivity contribution in [2.45, 2.75) is 39.2 Å². The number of nitrogens with one attached hydrogen (secondary N) is 2. The third-order valence-electron chi connectivity index (χ3n) is 3.80. The van der Waals surface area contributed by atoms with Crippen molar-refractivity contribution < 1.29 is 14.3 Å². The summed E-state index contributed by atoms with van der Waals surface area (Å²) < 4.78 is 8.22. The van der Waals surface area contributed by atoms with Crippen molar-refractivity contribution in [1.82, 2.24) is 14.5 Å². The molecule has 0 saturated heterocycles. The number of hydrogen-bond acceptors (Lipinski definition) is 4. The highest BCUT2D eigenvalue weighted by atomic mass is 16.6. The first-order valence-electron chi connectivity index (χ1n) is 8.50. The van der Waals surface area contributed by atoms with Gasteiger partial charge in [-0.1, -0.05) is 0 Å². The Kier molecular flexibility index (Phi) is 5.74. The van der Waals surface area contributed by atoms with Gasteiger partial charge in [0.05, 0.1) is 11.0 Å².